The Balaban J connectivity index is 1.99. The molecule has 1 heterocycles. The van der Waals surface area contributed by atoms with Crippen LogP contribution in [-0.4, -0.2) is 30.6 Å². The third kappa shape index (κ3) is 4.98. The van der Waals surface area contributed by atoms with Gasteiger partial charge in [-0.15, -0.1) is 0 Å². The number of carbonyl (C=O) groups excluding carboxylic acids is 1. The molecule has 1 atom stereocenters. The quantitative estimate of drug-likeness (QED) is 0.716. The van der Waals surface area contributed by atoms with Crippen LogP contribution in [0.5, 0.6) is 0 Å². The number of carbonyl (C=O) groups is 1. The summed E-state index contributed by atoms with van der Waals surface area (Å²) in [5, 5.41) is 3.39. The summed E-state index contributed by atoms with van der Waals surface area (Å²) >= 11 is 0. The van der Waals surface area contributed by atoms with Crippen molar-refractivity contribution in [3.05, 3.63) is 66.0 Å². The molecule has 0 fully saturated rings. The van der Waals surface area contributed by atoms with Crippen LogP contribution in [0, 0.1) is 0 Å². The van der Waals surface area contributed by atoms with Crippen molar-refractivity contribution in [1.29, 1.82) is 0 Å². The average Bonchev–Trinajstić information content (AvgIpc) is 2.52. The third-order valence-electron chi connectivity index (χ3n) is 2.96. The monoisotopic (exact) mass is 285 g/mol. The number of nitrogens with two attached hydrogens (primary N) is 1. The van der Waals surface area contributed by atoms with E-state index >= 15 is 0 Å². The van der Waals surface area contributed by atoms with Gasteiger partial charge in [0.1, 0.15) is 6.61 Å². The predicted molar refractivity (Wildman–Crippen MR) is 80.5 cm³/mol. The summed E-state index contributed by atoms with van der Waals surface area (Å²) in [5.74, 6) is -0.459. The maximum atomic E-state index is 10.6. The number of rotatable bonds is 8. The molecule has 1 aromatic carbocycles. The Morgan fingerprint density at radius 2 is 1.95 bits per heavy atom. The lowest BCUT2D eigenvalue weighted by Crippen LogP contribution is -2.28. The maximum absolute atomic E-state index is 10.6. The van der Waals surface area contributed by atoms with E-state index in [0.717, 1.165) is 11.3 Å². The van der Waals surface area contributed by atoms with Crippen LogP contribution in [-0.2, 0) is 9.53 Å². The lowest BCUT2D eigenvalue weighted by molar-refractivity contribution is -0.122. The van der Waals surface area contributed by atoms with E-state index in [-0.39, 0.29) is 12.6 Å². The Kier molecular flexibility index (Phi) is 5.87. The van der Waals surface area contributed by atoms with Crippen LogP contribution in [0.2, 0.25) is 0 Å². The zero-order chi connectivity index (χ0) is 14.9. The molecule has 0 saturated carbocycles. The fraction of sp³-hybridized carbons (Fsp3) is 0.250. The first kappa shape index (κ1) is 15.2. The lowest BCUT2D eigenvalue weighted by Gasteiger charge is -2.18. The zero-order valence-electron chi connectivity index (χ0n) is 11.7. The Labute approximate surface area is 124 Å². The third-order valence-corrected chi connectivity index (χ3v) is 2.96. The molecule has 1 aromatic heterocycles. The molecule has 21 heavy (non-hydrogen) atoms. The molecule has 0 saturated heterocycles. The number of nitrogens with one attached hydrogen (secondary N) is 1. The van der Waals surface area contributed by atoms with Crippen LogP contribution >= 0.6 is 0 Å². The SMILES string of the molecule is NC(=O)COCCNC(c1ccccc1)c1ccccn1. The van der Waals surface area contributed by atoms with Crippen molar-refractivity contribution in [1.82, 2.24) is 10.3 Å². The summed E-state index contributed by atoms with van der Waals surface area (Å²) in [6.45, 7) is 0.962. The van der Waals surface area contributed by atoms with Crippen LogP contribution in [0.4, 0.5) is 0 Å². The number of benzene rings is 1. The van der Waals surface area contributed by atoms with Gasteiger partial charge in [0.2, 0.25) is 5.91 Å². The van der Waals surface area contributed by atoms with Crippen LogP contribution in [0.3, 0.4) is 0 Å². The molecule has 2 aromatic rings. The van der Waals surface area contributed by atoms with Gasteiger partial charge in [-0.05, 0) is 17.7 Å². The Hall–Kier alpha value is -2.24. The molecular weight excluding hydrogens is 266 g/mol. The number of pyridine rings is 1. The number of hydrogen-bond donors (Lipinski definition) is 2. The van der Waals surface area contributed by atoms with Gasteiger partial charge in [0, 0.05) is 12.7 Å². The van der Waals surface area contributed by atoms with E-state index in [1.165, 1.54) is 0 Å². The zero-order valence-corrected chi connectivity index (χ0v) is 11.7. The minimum atomic E-state index is -0.459. The van der Waals surface area contributed by atoms with Gasteiger partial charge in [0.15, 0.2) is 0 Å². The molecule has 0 bridgehead atoms. The van der Waals surface area contributed by atoms with E-state index in [2.05, 4.69) is 22.4 Å². The molecule has 0 spiro atoms. The highest BCUT2D eigenvalue weighted by Gasteiger charge is 2.13. The molecule has 0 aliphatic rings. The van der Waals surface area contributed by atoms with Gasteiger partial charge in [0.25, 0.3) is 0 Å². The van der Waals surface area contributed by atoms with Crippen LogP contribution < -0.4 is 11.1 Å². The Morgan fingerprint density at radius 3 is 2.62 bits per heavy atom. The molecular formula is C16H19N3O2. The van der Waals surface area contributed by atoms with Crippen molar-refractivity contribution in [2.24, 2.45) is 5.73 Å². The minimum Gasteiger partial charge on any atom is -0.370 e. The number of nitrogens with zero attached hydrogens (tertiary/aromatic N) is 1. The summed E-state index contributed by atoms with van der Waals surface area (Å²) in [7, 11) is 0. The Bertz CT molecular complexity index is 506. The molecule has 0 aliphatic heterocycles. The highest BCUT2D eigenvalue weighted by molar-refractivity contribution is 5.74. The maximum Gasteiger partial charge on any atom is 0.243 e. The van der Waals surface area contributed by atoms with Crippen molar-refractivity contribution in [3.8, 4) is 0 Å². The largest absolute Gasteiger partial charge is 0.370 e. The van der Waals surface area contributed by atoms with Crippen LogP contribution in [0.1, 0.15) is 17.3 Å². The van der Waals surface area contributed by atoms with E-state index in [1.54, 1.807) is 6.20 Å². The topological polar surface area (TPSA) is 77.2 Å². The van der Waals surface area contributed by atoms with Crippen molar-refractivity contribution in [2.45, 2.75) is 6.04 Å². The lowest BCUT2D eigenvalue weighted by atomic mass is 10.0. The summed E-state index contributed by atoms with van der Waals surface area (Å²) in [6.07, 6.45) is 1.77. The fourth-order valence-corrected chi connectivity index (χ4v) is 2.03. The Morgan fingerprint density at radius 1 is 1.19 bits per heavy atom. The van der Waals surface area contributed by atoms with Gasteiger partial charge in [-0.3, -0.25) is 9.78 Å². The van der Waals surface area contributed by atoms with E-state index in [4.69, 9.17) is 10.5 Å². The predicted octanol–water partition coefficient (Wildman–Crippen LogP) is 1.26. The second-order valence-electron chi connectivity index (χ2n) is 4.57. The van der Waals surface area contributed by atoms with E-state index in [1.807, 2.05) is 36.4 Å². The summed E-state index contributed by atoms with van der Waals surface area (Å²) in [5.41, 5.74) is 7.10. The van der Waals surface area contributed by atoms with Gasteiger partial charge >= 0.3 is 0 Å². The number of aromatic nitrogens is 1. The van der Waals surface area contributed by atoms with E-state index < -0.39 is 5.91 Å². The summed E-state index contributed by atoms with van der Waals surface area (Å²) in [6, 6.07) is 15.9. The summed E-state index contributed by atoms with van der Waals surface area (Å²) in [4.78, 5) is 15.0. The van der Waals surface area contributed by atoms with Gasteiger partial charge < -0.3 is 15.8 Å². The van der Waals surface area contributed by atoms with Crippen molar-refractivity contribution >= 4 is 5.91 Å². The van der Waals surface area contributed by atoms with Crippen molar-refractivity contribution in [3.63, 3.8) is 0 Å². The molecule has 0 radical (unpaired) electrons. The van der Waals surface area contributed by atoms with Gasteiger partial charge in [0.05, 0.1) is 18.3 Å². The van der Waals surface area contributed by atoms with Gasteiger partial charge in [-0.25, -0.2) is 0 Å². The van der Waals surface area contributed by atoms with Crippen LogP contribution in [0.25, 0.3) is 0 Å². The highest BCUT2D eigenvalue weighted by Crippen LogP contribution is 2.19. The first-order valence-corrected chi connectivity index (χ1v) is 6.82. The van der Waals surface area contributed by atoms with Crippen LogP contribution in [0.15, 0.2) is 54.7 Å². The minimum absolute atomic E-state index is 0.00965. The molecule has 3 N–H and O–H groups in total. The van der Waals surface area contributed by atoms with Crippen molar-refractivity contribution < 1.29 is 9.53 Å². The second-order valence-corrected chi connectivity index (χ2v) is 4.57. The molecule has 5 heteroatoms. The number of hydrogen-bond acceptors (Lipinski definition) is 4. The average molecular weight is 285 g/mol. The highest BCUT2D eigenvalue weighted by atomic mass is 16.5. The smallest absolute Gasteiger partial charge is 0.243 e. The number of ether oxygens (including phenoxy) is 1. The second kappa shape index (κ2) is 8.14. The van der Waals surface area contributed by atoms with Gasteiger partial charge in [-0.2, -0.15) is 0 Å². The summed E-state index contributed by atoms with van der Waals surface area (Å²) < 4.78 is 5.16. The van der Waals surface area contributed by atoms with E-state index in [0.29, 0.717) is 13.2 Å². The number of amides is 1. The molecule has 1 unspecified atom stereocenters. The molecule has 2 rings (SSSR count). The molecule has 1 amide bonds. The standard InChI is InChI=1S/C16H19N3O2/c17-15(20)12-21-11-10-19-16(13-6-2-1-3-7-13)14-8-4-5-9-18-14/h1-9,16,19H,10-12H2,(H2,17,20). The fourth-order valence-electron chi connectivity index (χ4n) is 2.03. The molecule has 110 valence electrons. The van der Waals surface area contributed by atoms with E-state index in [9.17, 15) is 4.79 Å². The van der Waals surface area contributed by atoms with Gasteiger partial charge in [-0.1, -0.05) is 36.4 Å². The first-order chi connectivity index (χ1) is 10.3. The molecule has 5 nitrogen and oxygen atoms in total. The van der Waals surface area contributed by atoms with Crippen molar-refractivity contribution in [2.75, 3.05) is 19.8 Å². The normalized spacial score (nSPS) is 12.0. The first-order valence-electron chi connectivity index (χ1n) is 6.82. The number of primary amides is 1. The molecule has 0 aliphatic carbocycles.